The first-order valence-corrected chi connectivity index (χ1v) is 6.02. The minimum absolute atomic E-state index is 0.0388. The first kappa shape index (κ1) is 12.4. The third kappa shape index (κ3) is 2.30. The number of carboxylic acid groups (broad SMARTS) is 1. The number of aromatic nitrogens is 2. The van der Waals surface area contributed by atoms with Gasteiger partial charge in [0.2, 0.25) is 0 Å². The van der Waals surface area contributed by atoms with Crippen molar-refractivity contribution in [2.45, 2.75) is 18.8 Å². The zero-order valence-corrected chi connectivity index (χ0v) is 10.7. The summed E-state index contributed by atoms with van der Waals surface area (Å²) in [4.78, 5) is 13.2. The predicted molar refractivity (Wildman–Crippen MR) is 64.6 cm³/mol. The van der Waals surface area contributed by atoms with Crippen molar-refractivity contribution < 1.29 is 9.90 Å². The van der Waals surface area contributed by atoms with Gasteiger partial charge < -0.3 is 10.0 Å². The van der Waals surface area contributed by atoms with Crippen LogP contribution in [-0.2, 0) is 7.05 Å². The lowest BCUT2D eigenvalue weighted by Crippen LogP contribution is -2.30. The minimum Gasteiger partial charge on any atom is -0.476 e. The maximum Gasteiger partial charge on any atom is 0.357 e. The van der Waals surface area contributed by atoms with Crippen LogP contribution in [0.3, 0.4) is 0 Å². The van der Waals surface area contributed by atoms with Crippen molar-refractivity contribution in [1.29, 1.82) is 0 Å². The van der Waals surface area contributed by atoms with Crippen molar-refractivity contribution >= 4 is 17.6 Å². The van der Waals surface area contributed by atoms with Crippen LogP contribution in [0.4, 0.5) is 0 Å². The number of carboxylic acids is 1. The first-order valence-electron chi connectivity index (χ1n) is 5.65. The molecule has 1 aromatic heterocycles. The van der Waals surface area contributed by atoms with E-state index in [1.165, 1.54) is 0 Å². The number of carbonyl (C=O) groups is 1. The highest BCUT2D eigenvalue weighted by atomic mass is 35.5. The number of rotatable bonds is 2. The van der Waals surface area contributed by atoms with Crippen molar-refractivity contribution in [3.05, 3.63) is 16.4 Å². The second-order valence-corrected chi connectivity index (χ2v) is 4.93. The van der Waals surface area contributed by atoms with Gasteiger partial charge >= 0.3 is 5.97 Å². The Bertz CT molecular complexity index is 436. The lowest BCUT2D eigenvalue weighted by atomic mass is 9.93. The molecule has 1 N–H and O–H groups in total. The van der Waals surface area contributed by atoms with Gasteiger partial charge in [0, 0.05) is 13.0 Å². The molecule has 1 aromatic rings. The van der Waals surface area contributed by atoms with Gasteiger partial charge in [0.05, 0.1) is 10.7 Å². The number of likely N-dealkylation sites (tertiary alicyclic amines) is 1. The van der Waals surface area contributed by atoms with Gasteiger partial charge in [0.25, 0.3) is 0 Å². The Morgan fingerprint density at radius 2 is 2.00 bits per heavy atom. The number of hydrogen-bond donors (Lipinski definition) is 1. The van der Waals surface area contributed by atoms with Crippen LogP contribution >= 0.6 is 11.6 Å². The topological polar surface area (TPSA) is 58.4 Å². The van der Waals surface area contributed by atoms with Gasteiger partial charge in [-0.1, -0.05) is 11.6 Å². The molecule has 2 rings (SSSR count). The van der Waals surface area contributed by atoms with E-state index in [0.29, 0.717) is 10.9 Å². The minimum atomic E-state index is -1.07. The van der Waals surface area contributed by atoms with E-state index < -0.39 is 5.97 Å². The summed E-state index contributed by atoms with van der Waals surface area (Å²) < 4.78 is 1.61. The molecule has 0 radical (unpaired) electrons. The number of halogens is 1. The van der Waals surface area contributed by atoms with Crippen LogP contribution in [-0.4, -0.2) is 45.9 Å². The summed E-state index contributed by atoms with van der Waals surface area (Å²) >= 11 is 6.12. The Balaban J connectivity index is 2.29. The van der Waals surface area contributed by atoms with E-state index in [-0.39, 0.29) is 5.69 Å². The third-order valence-corrected chi connectivity index (χ3v) is 3.71. The second-order valence-electron chi connectivity index (χ2n) is 4.55. The van der Waals surface area contributed by atoms with Crippen molar-refractivity contribution in [2.75, 3.05) is 20.1 Å². The molecule has 0 aliphatic carbocycles. The van der Waals surface area contributed by atoms with E-state index in [1.54, 1.807) is 11.7 Å². The van der Waals surface area contributed by atoms with Crippen molar-refractivity contribution in [2.24, 2.45) is 7.05 Å². The van der Waals surface area contributed by atoms with Crippen LogP contribution in [0.2, 0.25) is 5.02 Å². The summed E-state index contributed by atoms with van der Waals surface area (Å²) in [5.41, 5.74) is 0.820. The van der Waals surface area contributed by atoms with Crippen LogP contribution in [0.25, 0.3) is 0 Å². The van der Waals surface area contributed by atoms with Crippen molar-refractivity contribution in [3.63, 3.8) is 0 Å². The number of nitrogens with zero attached hydrogens (tertiary/aromatic N) is 3. The Labute approximate surface area is 105 Å². The molecule has 94 valence electrons. The van der Waals surface area contributed by atoms with E-state index in [2.05, 4.69) is 17.0 Å². The smallest absolute Gasteiger partial charge is 0.357 e. The predicted octanol–water partition coefficient (Wildman–Crippen LogP) is 1.58. The van der Waals surface area contributed by atoms with Crippen molar-refractivity contribution in [3.8, 4) is 0 Å². The van der Waals surface area contributed by atoms with E-state index in [4.69, 9.17) is 16.7 Å². The Hall–Kier alpha value is -1.07. The number of aromatic carboxylic acids is 1. The molecule has 0 unspecified atom stereocenters. The van der Waals surface area contributed by atoms with E-state index in [1.807, 2.05) is 0 Å². The summed E-state index contributed by atoms with van der Waals surface area (Å²) in [6.07, 6.45) is 1.99. The molecule has 5 nitrogen and oxygen atoms in total. The number of hydrogen-bond acceptors (Lipinski definition) is 3. The summed E-state index contributed by atoms with van der Waals surface area (Å²) in [6, 6.07) is 0. The summed E-state index contributed by atoms with van der Waals surface area (Å²) in [6.45, 7) is 2.02. The fourth-order valence-electron chi connectivity index (χ4n) is 2.37. The highest BCUT2D eigenvalue weighted by Crippen LogP contribution is 2.33. The maximum atomic E-state index is 11.0. The fraction of sp³-hybridized carbons (Fsp3) is 0.636. The molecule has 0 spiro atoms. The highest BCUT2D eigenvalue weighted by Gasteiger charge is 2.27. The quantitative estimate of drug-likeness (QED) is 0.874. The molecular formula is C11H16ClN3O2. The highest BCUT2D eigenvalue weighted by molar-refractivity contribution is 6.34. The lowest BCUT2D eigenvalue weighted by molar-refractivity contribution is 0.0690. The molecule has 1 aliphatic rings. The molecule has 0 saturated carbocycles. The molecule has 0 aromatic carbocycles. The Morgan fingerprint density at radius 1 is 1.41 bits per heavy atom. The fourth-order valence-corrected chi connectivity index (χ4v) is 2.77. The first-order chi connectivity index (χ1) is 8.00. The Morgan fingerprint density at radius 3 is 2.47 bits per heavy atom. The molecule has 1 aliphatic heterocycles. The average molecular weight is 258 g/mol. The van der Waals surface area contributed by atoms with Crippen LogP contribution < -0.4 is 0 Å². The third-order valence-electron chi connectivity index (χ3n) is 3.34. The zero-order chi connectivity index (χ0) is 12.6. The molecular weight excluding hydrogens is 242 g/mol. The van der Waals surface area contributed by atoms with Gasteiger partial charge in [-0.25, -0.2) is 4.79 Å². The average Bonchev–Trinajstić information content (AvgIpc) is 2.56. The molecule has 0 bridgehead atoms. The molecule has 0 atom stereocenters. The van der Waals surface area contributed by atoms with Gasteiger partial charge in [-0.15, -0.1) is 0 Å². The zero-order valence-electron chi connectivity index (χ0n) is 9.98. The van der Waals surface area contributed by atoms with E-state index >= 15 is 0 Å². The van der Waals surface area contributed by atoms with Gasteiger partial charge in [-0.3, -0.25) is 4.68 Å². The molecule has 2 heterocycles. The SMILES string of the molecule is CN1CCC(c2c(Cl)c(C(=O)O)nn2C)CC1. The molecule has 1 saturated heterocycles. The standard InChI is InChI=1S/C11H16ClN3O2/c1-14-5-3-7(4-6-14)10-8(12)9(11(16)17)13-15(10)2/h7H,3-6H2,1-2H3,(H,16,17). The largest absolute Gasteiger partial charge is 0.476 e. The number of aryl methyl sites for hydroxylation is 1. The monoisotopic (exact) mass is 257 g/mol. The van der Waals surface area contributed by atoms with Crippen molar-refractivity contribution in [1.82, 2.24) is 14.7 Å². The Kier molecular flexibility index (Phi) is 3.40. The number of piperidine rings is 1. The summed E-state index contributed by atoms with van der Waals surface area (Å²) in [7, 11) is 3.84. The molecule has 1 fully saturated rings. The van der Waals surface area contributed by atoms with Gasteiger partial charge in [-0.05, 0) is 33.0 Å². The lowest BCUT2D eigenvalue weighted by Gasteiger charge is -2.29. The molecule has 17 heavy (non-hydrogen) atoms. The van der Waals surface area contributed by atoms with E-state index in [9.17, 15) is 4.79 Å². The van der Waals surface area contributed by atoms with Gasteiger partial charge in [0.1, 0.15) is 0 Å². The van der Waals surface area contributed by atoms with Crippen LogP contribution in [0.5, 0.6) is 0 Å². The second kappa shape index (κ2) is 4.66. The van der Waals surface area contributed by atoms with Crippen LogP contribution in [0.15, 0.2) is 0 Å². The van der Waals surface area contributed by atoms with E-state index in [0.717, 1.165) is 31.6 Å². The summed E-state index contributed by atoms with van der Waals surface area (Å²) in [5.74, 6) is -0.755. The molecule has 0 amide bonds. The van der Waals surface area contributed by atoms with Gasteiger partial charge in [-0.2, -0.15) is 5.10 Å². The summed E-state index contributed by atoms with van der Waals surface area (Å²) in [5, 5.41) is 13.3. The van der Waals surface area contributed by atoms with Gasteiger partial charge in [0.15, 0.2) is 5.69 Å². The van der Waals surface area contributed by atoms with Crippen LogP contribution in [0.1, 0.15) is 34.9 Å². The maximum absolute atomic E-state index is 11.0. The molecule has 6 heteroatoms. The van der Waals surface area contributed by atoms with Crippen LogP contribution in [0, 0.1) is 0 Å². The normalized spacial score (nSPS) is 18.5.